The van der Waals surface area contributed by atoms with Gasteiger partial charge in [0.05, 0.1) is 12.5 Å². The summed E-state index contributed by atoms with van der Waals surface area (Å²) in [6.45, 7) is 7.12. The van der Waals surface area contributed by atoms with Crippen LogP contribution in [0.2, 0.25) is 0 Å². The highest BCUT2D eigenvalue weighted by molar-refractivity contribution is 5.72. The fourth-order valence-electron chi connectivity index (χ4n) is 3.46. The van der Waals surface area contributed by atoms with Crippen LogP contribution >= 0.6 is 0 Å². The molecule has 1 saturated carbocycles. The van der Waals surface area contributed by atoms with Gasteiger partial charge in [-0.3, -0.25) is 4.79 Å². The van der Waals surface area contributed by atoms with Crippen LogP contribution in [0.1, 0.15) is 51.9 Å². The number of ether oxygens (including phenoxy) is 1. The molecule has 0 radical (unpaired) electrons. The summed E-state index contributed by atoms with van der Waals surface area (Å²) in [6, 6.07) is 0.503. The molecule has 4 heteroatoms. The van der Waals surface area contributed by atoms with E-state index in [1.165, 1.54) is 38.8 Å². The van der Waals surface area contributed by atoms with Crippen molar-refractivity contribution in [3.8, 4) is 0 Å². The van der Waals surface area contributed by atoms with Gasteiger partial charge in [-0.2, -0.15) is 0 Å². The normalized spacial score (nSPS) is 28.2. The molecular formula is C16H30N2O2. The van der Waals surface area contributed by atoms with Crippen LogP contribution in [-0.2, 0) is 9.53 Å². The standard InChI is InChI=1S/C16H30N2O2/c1-2-20-16(19)14-7-6-8-15(13-14)17-9-12-18-10-4-3-5-11-18/h14-15,17H,2-13H2,1H3. The van der Waals surface area contributed by atoms with Gasteiger partial charge in [-0.05, 0) is 52.1 Å². The maximum atomic E-state index is 11.8. The summed E-state index contributed by atoms with van der Waals surface area (Å²) in [6.07, 6.45) is 8.42. The van der Waals surface area contributed by atoms with Gasteiger partial charge in [0.1, 0.15) is 0 Å². The maximum absolute atomic E-state index is 11.8. The van der Waals surface area contributed by atoms with E-state index in [1.807, 2.05) is 6.92 Å². The van der Waals surface area contributed by atoms with Gasteiger partial charge >= 0.3 is 5.97 Å². The van der Waals surface area contributed by atoms with Gasteiger partial charge in [0.25, 0.3) is 0 Å². The van der Waals surface area contributed by atoms with Crippen LogP contribution in [0.4, 0.5) is 0 Å². The van der Waals surface area contributed by atoms with Crippen molar-refractivity contribution in [1.29, 1.82) is 0 Å². The van der Waals surface area contributed by atoms with Crippen molar-refractivity contribution < 1.29 is 9.53 Å². The SMILES string of the molecule is CCOC(=O)C1CCCC(NCCN2CCCCC2)C1. The molecule has 0 spiro atoms. The topological polar surface area (TPSA) is 41.6 Å². The molecule has 2 unspecified atom stereocenters. The maximum Gasteiger partial charge on any atom is 0.308 e. The number of carbonyl (C=O) groups is 1. The van der Waals surface area contributed by atoms with Gasteiger partial charge in [-0.25, -0.2) is 0 Å². The van der Waals surface area contributed by atoms with E-state index in [0.29, 0.717) is 12.6 Å². The van der Waals surface area contributed by atoms with Crippen LogP contribution in [0.3, 0.4) is 0 Å². The molecule has 0 aromatic carbocycles. The minimum absolute atomic E-state index is 0.00929. The first kappa shape index (κ1) is 15.8. The molecule has 0 aromatic heterocycles. The van der Waals surface area contributed by atoms with E-state index >= 15 is 0 Å². The lowest BCUT2D eigenvalue weighted by Crippen LogP contribution is -2.42. The lowest BCUT2D eigenvalue weighted by molar-refractivity contribution is -0.149. The Bertz CT molecular complexity index is 290. The predicted octanol–water partition coefficient (Wildman–Crippen LogP) is 2.18. The molecule has 4 nitrogen and oxygen atoms in total. The fourth-order valence-corrected chi connectivity index (χ4v) is 3.46. The fraction of sp³-hybridized carbons (Fsp3) is 0.938. The quantitative estimate of drug-likeness (QED) is 0.758. The van der Waals surface area contributed by atoms with E-state index in [4.69, 9.17) is 4.74 Å². The van der Waals surface area contributed by atoms with Gasteiger partial charge < -0.3 is 15.0 Å². The molecule has 20 heavy (non-hydrogen) atoms. The molecule has 2 rings (SSSR count). The first-order valence-electron chi connectivity index (χ1n) is 8.42. The average Bonchev–Trinajstić information content (AvgIpc) is 2.49. The Hall–Kier alpha value is -0.610. The number of piperidine rings is 1. The number of hydrogen-bond acceptors (Lipinski definition) is 4. The minimum atomic E-state index is 0.00929. The minimum Gasteiger partial charge on any atom is -0.466 e. The van der Waals surface area contributed by atoms with Gasteiger partial charge in [-0.15, -0.1) is 0 Å². The van der Waals surface area contributed by atoms with E-state index in [9.17, 15) is 4.79 Å². The van der Waals surface area contributed by atoms with Gasteiger partial charge in [-0.1, -0.05) is 12.8 Å². The van der Waals surface area contributed by atoms with Crippen molar-refractivity contribution >= 4 is 5.97 Å². The first-order valence-corrected chi connectivity index (χ1v) is 8.42. The third-order valence-electron chi connectivity index (χ3n) is 4.60. The Kier molecular flexibility index (Phi) is 6.80. The Morgan fingerprint density at radius 1 is 1.20 bits per heavy atom. The average molecular weight is 282 g/mol. The van der Waals surface area contributed by atoms with Crippen molar-refractivity contribution in [2.75, 3.05) is 32.8 Å². The second-order valence-corrected chi connectivity index (χ2v) is 6.17. The molecule has 0 bridgehead atoms. The number of carbonyl (C=O) groups excluding carboxylic acids is 1. The molecule has 0 aromatic rings. The van der Waals surface area contributed by atoms with Crippen LogP contribution in [0.15, 0.2) is 0 Å². The number of rotatable bonds is 6. The Morgan fingerprint density at radius 3 is 2.75 bits per heavy atom. The summed E-state index contributed by atoms with van der Waals surface area (Å²) in [4.78, 5) is 14.4. The zero-order valence-electron chi connectivity index (χ0n) is 12.9. The largest absolute Gasteiger partial charge is 0.466 e. The lowest BCUT2D eigenvalue weighted by Gasteiger charge is -2.30. The number of hydrogen-bond donors (Lipinski definition) is 1. The summed E-state index contributed by atoms with van der Waals surface area (Å²) >= 11 is 0. The smallest absolute Gasteiger partial charge is 0.308 e. The number of likely N-dealkylation sites (tertiary alicyclic amines) is 1. The second-order valence-electron chi connectivity index (χ2n) is 6.17. The number of esters is 1. The van der Waals surface area contributed by atoms with E-state index in [0.717, 1.165) is 32.4 Å². The van der Waals surface area contributed by atoms with Crippen molar-refractivity contribution in [3.63, 3.8) is 0 Å². The molecule has 1 saturated heterocycles. The Labute approximate surface area is 123 Å². The van der Waals surface area contributed by atoms with Gasteiger partial charge in [0, 0.05) is 19.1 Å². The number of nitrogens with one attached hydrogen (secondary N) is 1. The molecule has 1 aliphatic heterocycles. The molecule has 2 fully saturated rings. The molecule has 2 aliphatic rings. The van der Waals surface area contributed by atoms with E-state index < -0.39 is 0 Å². The number of nitrogens with zero attached hydrogens (tertiary/aromatic N) is 1. The van der Waals surface area contributed by atoms with Crippen LogP contribution in [0.25, 0.3) is 0 Å². The molecule has 1 aliphatic carbocycles. The van der Waals surface area contributed by atoms with Crippen LogP contribution in [-0.4, -0.2) is 49.7 Å². The highest BCUT2D eigenvalue weighted by Gasteiger charge is 2.27. The molecular weight excluding hydrogens is 252 g/mol. The third kappa shape index (κ3) is 5.06. The molecule has 116 valence electrons. The van der Waals surface area contributed by atoms with Gasteiger partial charge in [0.15, 0.2) is 0 Å². The first-order chi connectivity index (χ1) is 9.79. The van der Waals surface area contributed by atoms with E-state index in [-0.39, 0.29) is 11.9 Å². The Morgan fingerprint density at radius 2 is 2.00 bits per heavy atom. The van der Waals surface area contributed by atoms with Crippen LogP contribution in [0, 0.1) is 5.92 Å². The second kappa shape index (κ2) is 8.63. The Balaban J connectivity index is 1.63. The van der Waals surface area contributed by atoms with Crippen molar-refractivity contribution in [2.45, 2.75) is 57.9 Å². The van der Waals surface area contributed by atoms with Crippen molar-refractivity contribution in [2.24, 2.45) is 5.92 Å². The molecule has 0 amide bonds. The van der Waals surface area contributed by atoms with Crippen molar-refractivity contribution in [1.82, 2.24) is 10.2 Å². The summed E-state index contributed by atoms with van der Waals surface area (Å²) in [5.41, 5.74) is 0. The zero-order valence-corrected chi connectivity index (χ0v) is 12.9. The van der Waals surface area contributed by atoms with Crippen molar-refractivity contribution in [3.05, 3.63) is 0 Å². The van der Waals surface area contributed by atoms with Crippen LogP contribution < -0.4 is 5.32 Å². The third-order valence-corrected chi connectivity index (χ3v) is 4.60. The van der Waals surface area contributed by atoms with E-state index in [2.05, 4.69) is 10.2 Å². The highest BCUT2D eigenvalue weighted by atomic mass is 16.5. The summed E-state index contributed by atoms with van der Waals surface area (Å²) in [7, 11) is 0. The monoisotopic (exact) mass is 282 g/mol. The predicted molar refractivity (Wildman–Crippen MR) is 80.7 cm³/mol. The molecule has 2 atom stereocenters. The van der Waals surface area contributed by atoms with E-state index in [1.54, 1.807) is 0 Å². The van der Waals surface area contributed by atoms with Gasteiger partial charge in [0.2, 0.25) is 0 Å². The summed E-state index contributed by atoms with van der Waals surface area (Å²) < 4.78 is 5.15. The molecule has 1 N–H and O–H groups in total. The zero-order chi connectivity index (χ0) is 14.2. The van der Waals surface area contributed by atoms with Crippen LogP contribution in [0.5, 0.6) is 0 Å². The lowest BCUT2D eigenvalue weighted by atomic mass is 9.86. The highest BCUT2D eigenvalue weighted by Crippen LogP contribution is 2.25. The summed E-state index contributed by atoms with van der Waals surface area (Å²) in [5, 5.41) is 3.65. The summed E-state index contributed by atoms with van der Waals surface area (Å²) in [5.74, 6) is 0.131. The molecule has 1 heterocycles.